The fourth-order valence-corrected chi connectivity index (χ4v) is 4.09. The van der Waals surface area contributed by atoms with Crippen LogP contribution in [0.3, 0.4) is 0 Å². The molecule has 1 saturated heterocycles. The molecule has 1 aromatic heterocycles. The molecule has 5 heteroatoms. The second-order valence-electron chi connectivity index (χ2n) is 6.92. The first-order valence-electron chi connectivity index (χ1n) is 8.26. The number of likely N-dealkylation sites (tertiary alicyclic amines) is 1. The van der Waals surface area contributed by atoms with Gasteiger partial charge in [-0.05, 0) is 57.3 Å². The molecule has 1 aromatic rings. The van der Waals surface area contributed by atoms with E-state index in [1.165, 1.54) is 29.7 Å². The third-order valence-electron chi connectivity index (χ3n) is 4.93. The summed E-state index contributed by atoms with van der Waals surface area (Å²) < 4.78 is 0. The van der Waals surface area contributed by atoms with Crippen molar-refractivity contribution >= 4 is 17.2 Å². The molecule has 122 valence electrons. The number of thiophene rings is 1. The van der Waals surface area contributed by atoms with Crippen LogP contribution in [-0.2, 0) is 11.3 Å². The molecule has 1 atom stereocenters. The van der Waals surface area contributed by atoms with Crippen LogP contribution in [0, 0.1) is 6.92 Å². The maximum Gasteiger partial charge on any atom is 0.237 e. The Balaban J connectivity index is 1.58. The highest BCUT2D eigenvalue weighted by Gasteiger charge is 2.34. The van der Waals surface area contributed by atoms with Gasteiger partial charge < -0.3 is 9.80 Å². The number of carbonyl (C=O) groups excluding carboxylic acids is 1. The van der Waals surface area contributed by atoms with Gasteiger partial charge in [0.15, 0.2) is 0 Å². The normalized spacial score (nSPS) is 22.5. The van der Waals surface area contributed by atoms with E-state index < -0.39 is 0 Å². The lowest BCUT2D eigenvalue weighted by molar-refractivity contribution is -0.133. The van der Waals surface area contributed by atoms with Gasteiger partial charge in [0.1, 0.15) is 0 Å². The topological polar surface area (TPSA) is 26.8 Å². The van der Waals surface area contributed by atoms with Crippen LogP contribution in [0.4, 0.5) is 0 Å². The maximum atomic E-state index is 12.8. The minimum atomic E-state index is 0.315. The second kappa shape index (κ2) is 6.69. The highest BCUT2D eigenvalue weighted by atomic mass is 32.1. The fraction of sp³-hybridized carbons (Fsp3) is 0.706. The third kappa shape index (κ3) is 3.70. The van der Waals surface area contributed by atoms with Crippen molar-refractivity contribution in [3.8, 4) is 0 Å². The van der Waals surface area contributed by atoms with E-state index >= 15 is 0 Å². The van der Waals surface area contributed by atoms with E-state index in [2.05, 4.69) is 47.2 Å². The summed E-state index contributed by atoms with van der Waals surface area (Å²) in [6, 6.07) is 3.24. The standard InChI is InChI=1S/C17H27N3OS/c1-13-7-9-22-16(13)11-20(14-4-5-14)17(21)12-19-8-6-15(10-19)18(2)3/h7,9,14-15H,4-6,8,10-12H2,1-3H3/t15-/m0/s1. The highest BCUT2D eigenvalue weighted by Crippen LogP contribution is 2.30. The Morgan fingerprint density at radius 1 is 1.32 bits per heavy atom. The van der Waals surface area contributed by atoms with Gasteiger partial charge in [-0.3, -0.25) is 9.69 Å². The largest absolute Gasteiger partial charge is 0.333 e. The molecule has 1 amide bonds. The van der Waals surface area contributed by atoms with E-state index in [4.69, 9.17) is 0 Å². The molecule has 0 unspecified atom stereocenters. The summed E-state index contributed by atoms with van der Waals surface area (Å²) in [5.41, 5.74) is 1.32. The monoisotopic (exact) mass is 321 g/mol. The zero-order valence-corrected chi connectivity index (χ0v) is 14.7. The van der Waals surface area contributed by atoms with Crippen molar-refractivity contribution < 1.29 is 4.79 Å². The minimum Gasteiger partial charge on any atom is -0.333 e. The van der Waals surface area contributed by atoms with Crippen molar-refractivity contribution in [2.75, 3.05) is 33.7 Å². The average molecular weight is 321 g/mol. The van der Waals surface area contributed by atoms with E-state index in [0.717, 1.165) is 19.6 Å². The number of amides is 1. The van der Waals surface area contributed by atoms with E-state index in [1.54, 1.807) is 11.3 Å². The van der Waals surface area contributed by atoms with Gasteiger partial charge in [0.25, 0.3) is 0 Å². The van der Waals surface area contributed by atoms with Gasteiger partial charge in [-0.15, -0.1) is 11.3 Å². The molecular weight excluding hydrogens is 294 g/mol. The summed E-state index contributed by atoms with van der Waals surface area (Å²) in [6.45, 7) is 5.60. The van der Waals surface area contributed by atoms with Crippen molar-refractivity contribution in [2.24, 2.45) is 0 Å². The van der Waals surface area contributed by atoms with Crippen molar-refractivity contribution in [1.82, 2.24) is 14.7 Å². The number of likely N-dealkylation sites (N-methyl/N-ethyl adjacent to an activating group) is 1. The zero-order valence-electron chi connectivity index (χ0n) is 13.9. The van der Waals surface area contributed by atoms with Crippen LogP contribution in [0.1, 0.15) is 29.7 Å². The summed E-state index contributed by atoms with van der Waals surface area (Å²) in [5, 5.41) is 2.13. The van der Waals surface area contributed by atoms with Crippen LogP contribution in [0.5, 0.6) is 0 Å². The number of nitrogens with zero attached hydrogens (tertiary/aromatic N) is 3. The minimum absolute atomic E-state index is 0.315. The molecule has 0 aromatic carbocycles. The number of carbonyl (C=O) groups is 1. The highest BCUT2D eigenvalue weighted by molar-refractivity contribution is 7.10. The van der Waals surface area contributed by atoms with Gasteiger partial charge in [-0.25, -0.2) is 0 Å². The molecule has 2 aliphatic rings. The van der Waals surface area contributed by atoms with Crippen LogP contribution in [0.15, 0.2) is 11.4 Å². The average Bonchev–Trinajstić information content (AvgIpc) is 3.06. The van der Waals surface area contributed by atoms with Crippen molar-refractivity contribution in [1.29, 1.82) is 0 Å². The molecule has 2 fully saturated rings. The van der Waals surface area contributed by atoms with E-state index in [9.17, 15) is 4.79 Å². The smallest absolute Gasteiger partial charge is 0.237 e. The summed E-state index contributed by atoms with van der Waals surface area (Å²) in [4.78, 5) is 20.8. The number of hydrogen-bond donors (Lipinski definition) is 0. The molecule has 22 heavy (non-hydrogen) atoms. The van der Waals surface area contributed by atoms with E-state index in [-0.39, 0.29) is 0 Å². The Labute approximate surface area is 137 Å². The Bertz CT molecular complexity index is 524. The summed E-state index contributed by atoms with van der Waals surface area (Å²) in [6.07, 6.45) is 3.53. The molecule has 1 aliphatic carbocycles. The van der Waals surface area contributed by atoms with Crippen LogP contribution in [-0.4, -0.2) is 66.4 Å². The number of rotatable bonds is 6. The summed E-state index contributed by atoms with van der Waals surface area (Å²) in [7, 11) is 4.26. The molecule has 1 aliphatic heterocycles. The first-order chi connectivity index (χ1) is 10.5. The lowest BCUT2D eigenvalue weighted by Crippen LogP contribution is -2.41. The lowest BCUT2D eigenvalue weighted by Gasteiger charge is -2.26. The number of hydrogen-bond acceptors (Lipinski definition) is 4. The van der Waals surface area contributed by atoms with Crippen molar-refractivity contribution in [2.45, 2.75) is 44.8 Å². The molecule has 2 heterocycles. The molecule has 3 rings (SSSR count). The summed E-state index contributed by atoms with van der Waals surface area (Å²) >= 11 is 1.77. The predicted molar refractivity (Wildman–Crippen MR) is 91.2 cm³/mol. The predicted octanol–water partition coefficient (Wildman–Crippen LogP) is 2.18. The van der Waals surface area contributed by atoms with Crippen LogP contribution in [0.2, 0.25) is 0 Å². The molecule has 0 bridgehead atoms. The van der Waals surface area contributed by atoms with Gasteiger partial charge in [0.05, 0.1) is 13.1 Å². The molecule has 0 spiro atoms. The molecule has 1 saturated carbocycles. The van der Waals surface area contributed by atoms with Gasteiger partial charge in [-0.1, -0.05) is 0 Å². The first-order valence-corrected chi connectivity index (χ1v) is 9.14. The maximum absolute atomic E-state index is 12.8. The summed E-state index contributed by atoms with van der Waals surface area (Å²) in [5.74, 6) is 0.315. The molecular formula is C17H27N3OS. The Morgan fingerprint density at radius 2 is 2.09 bits per heavy atom. The lowest BCUT2D eigenvalue weighted by atomic mass is 10.2. The van der Waals surface area contributed by atoms with E-state index in [0.29, 0.717) is 24.5 Å². The first kappa shape index (κ1) is 16.0. The van der Waals surface area contributed by atoms with Crippen molar-refractivity contribution in [3.05, 3.63) is 21.9 Å². The Kier molecular flexibility index (Phi) is 4.85. The van der Waals surface area contributed by atoms with Gasteiger partial charge in [0, 0.05) is 30.1 Å². The SMILES string of the molecule is Cc1ccsc1CN(C(=O)CN1CC[C@H](N(C)C)C1)C1CC1. The second-order valence-corrected chi connectivity index (χ2v) is 7.92. The molecule has 0 N–H and O–H groups in total. The van der Waals surface area contributed by atoms with Crippen LogP contribution in [0.25, 0.3) is 0 Å². The molecule has 0 radical (unpaired) electrons. The Morgan fingerprint density at radius 3 is 2.64 bits per heavy atom. The Hall–Kier alpha value is -0.910. The van der Waals surface area contributed by atoms with Gasteiger partial charge >= 0.3 is 0 Å². The quantitative estimate of drug-likeness (QED) is 0.803. The van der Waals surface area contributed by atoms with Gasteiger partial charge in [0.2, 0.25) is 5.91 Å². The third-order valence-corrected chi connectivity index (χ3v) is 5.93. The number of aryl methyl sites for hydroxylation is 1. The zero-order chi connectivity index (χ0) is 15.7. The van der Waals surface area contributed by atoms with E-state index in [1.807, 2.05) is 0 Å². The van der Waals surface area contributed by atoms with Crippen LogP contribution >= 0.6 is 11.3 Å². The van der Waals surface area contributed by atoms with Crippen LogP contribution < -0.4 is 0 Å². The molecule has 4 nitrogen and oxygen atoms in total. The van der Waals surface area contributed by atoms with Gasteiger partial charge in [-0.2, -0.15) is 0 Å². The fourth-order valence-electron chi connectivity index (χ4n) is 3.19. The van der Waals surface area contributed by atoms with Crippen molar-refractivity contribution in [3.63, 3.8) is 0 Å².